The van der Waals surface area contributed by atoms with Crippen molar-refractivity contribution in [3.05, 3.63) is 50.8 Å². The maximum absolute atomic E-state index is 10.4. The van der Waals surface area contributed by atoms with Crippen LogP contribution in [0.1, 0.15) is 31.3 Å². The molecule has 2 aromatic rings. The van der Waals surface area contributed by atoms with Crippen LogP contribution in [0, 0.1) is 0 Å². The number of aliphatic hydroxyl groups excluding tert-OH is 1. The van der Waals surface area contributed by atoms with Crippen molar-refractivity contribution >= 4 is 31.9 Å². The van der Waals surface area contributed by atoms with E-state index in [1.165, 1.54) is 0 Å². The van der Waals surface area contributed by atoms with Crippen LogP contribution in [0.5, 0.6) is 5.75 Å². The Balaban J connectivity index is 2.35. The van der Waals surface area contributed by atoms with Gasteiger partial charge in [-0.15, -0.1) is 0 Å². The van der Waals surface area contributed by atoms with E-state index in [1.807, 2.05) is 38.1 Å². The Kier molecular flexibility index (Phi) is 4.71. The predicted octanol–water partition coefficient (Wildman–Crippen LogP) is 4.67. The van der Waals surface area contributed by atoms with Crippen molar-refractivity contribution in [1.29, 1.82) is 0 Å². The molecule has 0 fully saturated rings. The molecule has 2 rings (SSSR count). The second kappa shape index (κ2) is 6.11. The lowest BCUT2D eigenvalue weighted by atomic mass is 10.1. The van der Waals surface area contributed by atoms with Crippen molar-refractivity contribution in [3.63, 3.8) is 0 Å². The number of halogens is 2. The quantitative estimate of drug-likeness (QED) is 0.825. The number of aliphatic hydroxyl groups is 1. The van der Waals surface area contributed by atoms with Crippen LogP contribution in [0.2, 0.25) is 0 Å². The van der Waals surface area contributed by atoms with Gasteiger partial charge in [0.15, 0.2) is 4.67 Å². The SMILES string of the molecule is CC(C)Oc1ccccc1C(O)c1cc(Br)c(Br)o1. The molecular weight excluding hydrogens is 376 g/mol. The molecule has 1 N–H and O–H groups in total. The molecule has 0 aliphatic heterocycles. The molecular formula is C14H14Br2O3. The lowest BCUT2D eigenvalue weighted by molar-refractivity contribution is 0.174. The fourth-order valence-corrected chi connectivity index (χ4v) is 2.33. The van der Waals surface area contributed by atoms with Crippen LogP contribution in [-0.4, -0.2) is 11.2 Å². The van der Waals surface area contributed by atoms with E-state index in [-0.39, 0.29) is 6.10 Å². The molecule has 1 heterocycles. The minimum atomic E-state index is -0.863. The van der Waals surface area contributed by atoms with E-state index in [2.05, 4.69) is 31.9 Å². The van der Waals surface area contributed by atoms with Gasteiger partial charge in [0.1, 0.15) is 17.6 Å². The zero-order valence-corrected chi connectivity index (χ0v) is 13.7. The third kappa shape index (κ3) is 3.41. The van der Waals surface area contributed by atoms with E-state index in [0.717, 1.165) is 4.47 Å². The van der Waals surface area contributed by atoms with Gasteiger partial charge in [-0.3, -0.25) is 0 Å². The van der Waals surface area contributed by atoms with Gasteiger partial charge in [-0.05, 0) is 57.8 Å². The first-order valence-corrected chi connectivity index (χ1v) is 7.46. The Morgan fingerprint density at radius 2 is 1.89 bits per heavy atom. The number of benzene rings is 1. The molecule has 19 heavy (non-hydrogen) atoms. The summed E-state index contributed by atoms with van der Waals surface area (Å²) in [5.41, 5.74) is 0.685. The van der Waals surface area contributed by atoms with Gasteiger partial charge in [-0.1, -0.05) is 18.2 Å². The number of hydrogen-bond acceptors (Lipinski definition) is 3. The summed E-state index contributed by atoms with van der Waals surface area (Å²) in [6.07, 6.45) is -0.819. The minimum absolute atomic E-state index is 0.0448. The first kappa shape index (κ1) is 14.6. The van der Waals surface area contributed by atoms with Crippen LogP contribution in [0.4, 0.5) is 0 Å². The molecule has 1 aromatic heterocycles. The standard InChI is InChI=1S/C14H14Br2O3/c1-8(2)18-11-6-4-3-5-9(11)13(17)12-7-10(15)14(16)19-12/h3-8,13,17H,1-2H3. The molecule has 0 saturated heterocycles. The molecule has 3 nitrogen and oxygen atoms in total. The van der Waals surface area contributed by atoms with E-state index in [1.54, 1.807) is 6.07 Å². The molecule has 0 saturated carbocycles. The molecule has 0 radical (unpaired) electrons. The van der Waals surface area contributed by atoms with E-state index >= 15 is 0 Å². The van der Waals surface area contributed by atoms with Gasteiger partial charge in [-0.25, -0.2) is 0 Å². The van der Waals surface area contributed by atoms with Crippen molar-refractivity contribution in [1.82, 2.24) is 0 Å². The summed E-state index contributed by atoms with van der Waals surface area (Å²) in [6.45, 7) is 3.90. The van der Waals surface area contributed by atoms with Gasteiger partial charge in [0.2, 0.25) is 0 Å². The molecule has 0 aliphatic rings. The molecule has 0 spiro atoms. The van der Waals surface area contributed by atoms with Crippen LogP contribution >= 0.6 is 31.9 Å². The number of hydrogen-bond donors (Lipinski definition) is 1. The van der Waals surface area contributed by atoms with Gasteiger partial charge in [0.25, 0.3) is 0 Å². The van der Waals surface area contributed by atoms with Crippen molar-refractivity contribution in [3.8, 4) is 5.75 Å². The highest BCUT2D eigenvalue weighted by atomic mass is 79.9. The summed E-state index contributed by atoms with van der Waals surface area (Å²) in [6, 6.07) is 9.14. The summed E-state index contributed by atoms with van der Waals surface area (Å²) in [5.74, 6) is 1.12. The first-order chi connectivity index (χ1) is 8.99. The summed E-state index contributed by atoms with van der Waals surface area (Å²) in [7, 11) is 0. The Hall–Kier alpha value is -0.780. The second-order valence-corrected chi connectivity index (χ2v) is 5.95. The molecule has 0 aliphatic carbocycles. The predicted molar refractivity (Wildman–Crippen MR) is 80.4 cm³/mol. The average molecular weight is 390 g/mol. The van der Waals surface area contributed by atoms with E-state index in [0.29, 0.717) is 21.7 Å². The third-order valence-electron chi connectivity index (χ3n) is 2.51. The maximum Gasteiger partial charge on any atom is 0.183 e. The van der Waals surface area contributed by atoms with Crippen molar-refractivity contribution < 1.29 is 14.3 Å². The number of rotatable bonds is 4. The van der Waals surface area contributed by atoms with Crippen molar-refractivity contribution in [2.75, 3.05) is 0 Å². The topological polar surface area (TPSA) is 42.6 Å². The van der Waals surface area contributed by atoms with Gasteiger partial charge < -0.3 is 14.3 Å². The number of furan rings is 1. The Morgan fingerprint density at radius 3 is 2.47 bits per heavy atom. The van der Waals surface area contributed by atoms with E-state index in [4.69, 9.17) is 9.15 Å². The highest BCUT2D eigenvalue weighted by Gasteiger charge is 2.20. The Labute approximate surface area is 128 Å². The Bertz CT molecular complexity index is 544. The zero-order chi connectivity index (χ0) is 14.0. The lowest BCUT2D eigenvalue weighted by Gasteiger charge is -2.16. The molecule has 1 aromatic carbocycles. The number of ether oxygens (including phenoxy) is 1. The zero-order valence-electron chi connectivity index (χ0n) is 10.6. The molecule has 102 valence electrons. The van der Waals surface area contributed by atoms with E-state index < -0.39 is 6.10 Å². The molecule has 1 atom stereocenters. The molecule has 1 unspecified atom stereocenters. The minimum Gasteiger partial charge on any atom is -0.491 e. The van der Waals surface area contributed by atoms with Gasteiger partial charge in [-0.2, -0.15) is 0 Å². The smallest absolute Gasteiger partial charge is 0.183 e. The average Bonchev–Trinajstić information content (AvgIpc) is 2.69. The van der Waals surface area contributed by atoms with Gasteiger partial charge >= 0.3 is 0 Å². The molecule has 0 bridgehead atoms. The van der Waals surface area contributed by atoms with Gasteiger partial charge in [0, 0.05) is 5.56 Å². The fraction of sp³-hybridized carbons (Fsp3) is 0.286. The normalized spacial score (nSPS) is 12.7. The van der Waals surface area contributed by atoms with Gasteiger partial charge in [0.05, 0.1) is 10.6 Å². The van der Waals surface area contributed by atoms with Crippen molar-refractivity contribution in [2.45, 2.75) is 26.1 Å². The van der Waals surface area contributed by atoms with Crippen molar-refractivity contribution in [2.24, 2.45) is 0 Å². The summed E-state index contributed by atoms with van der Waals surface area (Å²) >= 11 is 6.59. The first-order valence-electron chi connectivity index (χ1n) is 5.87. The number of para-hydroxylation sites is 1. The van der Waals surface area contributed by atoms with Crippen LogP contribution in [0.25, 0.3) is 0 Å². The highest BCUT2D eigenvalue weighted by molar-refractivity contribution is 9.13. The lowest BCUT2D eigenvalue weighted by Crippen LogP contribution is -2.09. The van der Waals surface area contributed by atoms with E-state index in [9.17, 15) is 5.11 Å². The summed E-state index contributed by atoms with van der Waals surface area (Å²) in [4.78, 5) is 0. The third-order valence-corrected chi connectivity index (χ3v) is 4.22. The molecule has 0 amide bonds. The van der Waals surface area contributed by atoms with Crippen LogP contribution < -0.4 is 4.74 Å². The highest BCUT2D eigenvalue weighted by Crippen LogP contribution is 2.35. The van der Waals surface area contributed by atoms with Crippen LogP contribution in [0.3, 0.4) is 0 Å². The second-order valence-electron chi connectivity index (χ2n) is 4.38. The Morgan fingerprint density at radius 1 is 1.21 bits per heavy atom. The largest absolute Gasteiger partial charge is 0.491 e. The fourth-order valence-electron chi connectivity index (χ4n) is 1.72. The molecule has 5 heteroatoms. The van der Waals surface area contributed by atoms with Crippen LogP contribution in [0.15, 0.2) is 43.9 Å². The van der Waals surface area contributed by atoms with Crippen LogP contribution in [-0.2, 0) is 0 Å². The monoisotopic (exact) mass is 388 g/mol. The maximum atomic E-state index is 10.4. The summed E-state index contributed by atoms with van der Waals surface area (Å²) in [5, 5.41) is 10.4. The summed E-state index contributed by atoms with van der Waals surface area (Å²) < 4.78 is 12.5.